The van der Waals surface area contributed by atoms with Crippen molar-refractivity contribution >= 4 is 0 Å². The Hall–Kier alpha value is -1.30. The molecule has 0 saturated heterocycles. The average molecular weight is 156 g/mol. The maximum absolute atomic E-state index is 3.87. The molecule has 0 radical (unpaired) electrons. The van der Waals surface area contributed by atoms with E-state index in [0.29, 0.717) is 0 Å². The summed E-state index contributed by atoms with van der Waals surface area (Å²) in [5, 5.41) is 0. The van der Waals surface area contributed by atoms with Crippen molar-refractivity contribution in [3.05, 3.63) is 59.8 Å². The molecule has 0 spiro atoms. The van der Waals surface area contributed by atoms with Crippen LogP contribution >= 0.6 is 0 Å². The summed E-state index contributed by atoms with van der Waals surface area (Å²) in [6, 6.07) is 0. The van der Waals surface area contributed by atoms with Gasteiger partial charge in [-0.1, -0.05) is 43.0 Å². The van der Waals surface area contributed by atoms with Crippen LogP contribution in [0.1, 0.15) is 12.8 Å². The Kier molecular flexibility index (Phi) is 1.83. The first-order valence-electron chi connectivity index (χ1n) is 4.28. The summed E-state index contributed by atoms with van der Waals surface area (Å²) >= 11 is 0. The van der Waals surface area contributed by atoms with Crippen LogP contribution in [-0.2, 0) is 0 Å². The number of allylic oxidation sites excluding steroid dienone is 9. The van der Waals surface area contributed by atoms with Gasteiger partial charge in [0.2, 0.25) is 0 Å². The highest BCUT2D eigenvalue weighted by Crippen LogP contribution is 2.21. The first kappa shape index (κ1) is 7.35. The second-order valence-electron chi connectivity index (χ2n) is 3.22. The Morgan fingerprint density at radius 2 is 2.17 bits per heavy atom. The van der Waals surface area contributed by atoms with Gasteiger partial charge in [0.15, 0.2) is 0 Å². The first-order chi connectivity index (χ1) is 5.84. The molecule has 0 aromatic heterocycles. The van der Waals surface area contributed by atoms with Crippen LogP contribution in [0, 0.1) is 0 Å². The zero-order valence-corrected chi connectivity index (χ0v) is 7.09. The zero-order chi connectivity index (χ0) is 8.39. The summed E-state index contributed by atoms with van der Waals surface area (Å²) in [6.07, 6.45) is 15.2. The Labute approximate surface area is 73.3 Å². The van der Waals surface area contributed by atoms with Crippen LogP contribution in [0.15, 0.2) is 59.8 Å². The molecular formula is C12H12. The third-order valence-electron chi connectivity index (χ3n) is 2.17. The van der Waals surface area contributed by atoms with Crippen molar-refractivity contribution < 1.29 is 0 Å². The van der Waals surface area contributed by atoms with Crippen molar-refractivity contribution in [2.45, 2.75) is 12.8 Å². The minimum absolute atomic E-state index is 1.05. The molecule has 0 heteroatoms. The van der Waals surface area contributed by atoms with Gasteiger partial charge in [0.25, 0.3) is 0 Å². The molecular weight excluding hydrogens is 144 g/mol. The summed E-state index contributed by atoms with van der Waals surface area (Å²) < 4.78 is 0. The Morgan fingerprint density at radius 1 is 1.33 bits per heavy atom. The minimum atomic E-state index is 1.05. The van der Waals surface area contributed by atoms with Crippen LogP contribution < -0.4 is 0 Å². The van der Waals surface area contributed by atoms with E-state index in [0.717, 1.165) is 18.4 Å². The van der Waals surface area contributed by atoms with Crippen molar-refractivity contribution in [2.75, 3.05) is 0 Å². The molecule has 0 aromatic carbocycles. The molecule has 12 heavy (non-hydrogen) atoms. The molecule has 0 aliphatic heterocycles. The SMILES string of the molecule is C=C1C=CC(C/C=C2\C=CC2)=C1. The van der Waals surface area contributed by atoms with Crippen LogP contribution in [0.4, 0.5) is 0 Å². The molecule has 0 heterocycles. The summed E-state index contributed by atoms with van der Waals surface area (Å²) in [5.41, 5.74) is 3.95. The molecule has 0 amide bonds. The van der Waals surface area contributed by atoms with Gasteiger partial charge in [-0.05, 0) is 29.6 Å². The summed E-state index contributed by atoms with van der Waals surface area (Å²) in [5.74, 6) is 0. The average Bonchev–Trinajstić information content (AvgIpc) is 2.32. The summed E-state index contributed by atoms with van der Waals surface area (Å²) in [4.78, 5) is 0. The standard InChI is InChI=1S/C12H12/c1-10-5-6-12(9-10)8-7-11-3-2-4-11/h2-3,5-7,9H,1,4,8H2/b11-7+. The molecule has 2 aliphatic rings. The largest absolute Gasteiger partial charge is 0.0918 e. The highest BCUT2D eigenvalue weighted by molar-refractivity contribution is 5.45. The third kappa shape index (κ3) is 1.48. The second-order valence-corrected chi connectivity index (χ2v) is 3.22. The van der Waals surface area contributed by atoms with Crippen LogP contribution in [0.3, 0.4) is 0 Å². The fourth-order valence-electron chi connectivity index (χ4n) is 1.33. The van der Waals surface area contributed by atoms with E-state index in [1.807, 2.05) is 0 Å². The lowest BCUT2D eigenvalue weighted by Gasteiger charge is -2.05. The van der Waals surface area contributed by atoms with E-state index in [2.05, 4.69) is 43.0 Å². The predicted octanol–water partition coefficient (Wildman–Crippen LogP) is 3.32. The maximum Gasteiger partial charge on any atom is -0.00913 e. The summed E-state index contributed by atoms with van der Waals surface area (Å²) in [7, 11) is 0. The lowest BCUT2D eigenvalue weighted by atomic mass is 10.0. The van der Waals surface area contributed by atoms with Gasteiger partial charge in [0.1, 0.15) is 0 Å². The molecule has 0 atom stereocenters. The zero-order valence-electron chi connectivity index (χ0n) is 7.09. The van der Waals surface area contributed by atoms with Gasteiger partial charge in [-0.2, -0.15) is 0 Å². The fraction of sp³-hybridized carbons (Fsp3) is 0.167. The van der Waals surface area contributed by atoms with Gasteiger partial charge in [0.05, 0.1) is 0 Å². The smallest absolute Gasteiger partial charge is 0.00913 e. The van der Waals surface area contributed by atoms with Crippen molar-refractivity contribution in [2.24, 2.45) is 0 Å². The van der Waals surface area contributed by atoms with Gasteiger partial charge in [0, 0.05) is 0 Å². The molecule has 60 valence electrons. The van der Waals surface area contributed by atoms with Crippen LogP contribution in [0.2, 0.25) is 0 Å². The summed E-state index contributed by atoms with van der Waals surface area (Å²) in [6.45, 7) is 3.87. The van der Waals surface area contributed by atoms with Gasteiger partial charge < -0.3 is 0 Å². The van der Waals surface area contributed by atoms with Crippen molar-refractivity contribution in [3.63, 3.8) is 0 Å². The molecule has 0 nitrogen and oxygen atoms in total. The van der Waals surface area contributed by atoms with E-state index in [1.165, 1.54) is 11.1 Å². The minimum Gasteiger partial charge on any atom is -0.0918 e. The molecule has 0 N–H and O–H groups in total. The van der Waals surface area contributed by atoms with Crippen molar-refractivity contribution in [1.82, 2.24) is 0 Å². The molecule has 2 aliphatic carbocycles. The van der Waals surface area contributed by atoms with E-state index in [1.54, 1.807) is 0 Å². The van der Waals surface area contributed by atoms with Crippen LogP contribution in [0.5, 0.6) is 0 Å². The lowest BCUT2D eigenvalue weighted by Crippen LogP contribution is -1.86. The molecule has 0 bridgehead atoms. The van der Waals surface area contributed by atoms with Crippen molar-refractivity contribution in [1.29, 1.82) is 0 Å². The first-order valence-corrected chi connectivity index (χ1v) is 4.28. The Bertz CT molecular complexity index is 322. The normalized spacial score (nSPS) is 23.2. The molecule has 0 fully saturated rings. The fourth-order valence-corrected chi connectivity index (χ4v) is 1.33. The topological polar surface area (TPSA) is 0 Å². The molecule has 0 saturated carbocycles. The number of hydrogen-bond acceptors (Lipinski definition) is 0. The molecule has 2 rings (SSSR count). The third-order valence-corrected chi connectivity index (χ3v) is 2.17. The van der Waals surface area contributed by atoms with Gasteiger partial charge in [-0.15, -0.1) is 0 Å². The van der Waals surface area contributed by atoms with E-state index in [-0.39, 0.29) is 0 Å². The monoisotopic (exact) mass is 156 g/mol. The van der Waals surface area contributed by atoms with Gasteiger partial charge in [-0.3, -0.25) is 0 Å². The van der Waals surface area contributed by atoms with E-state index in [9.17, 15) is 0 Å². The second kappa shape index (κ2) is 2.98. The Balaban J connectivity index is 1.96. The van der Waals surface area contributed by atoms with Crippen LogP contribution in [0.25, 0.3) is 0 Å². The number of hydrogen-bond donors (Lipinski definition) is 0. The highest BCUT2D eigenvalue weighted by atomic mass is 14.1. The maximum atomic E-state index is 3.87. The quantitative estimate of drug-likeness (QED) is 0.575. The lowest BCUT2D eigenvalue weighted by molar-refractivity contribution is 1.14. The molecule has 0 aromatic rings. The van der Waals surface area contributed by atoms with E-state index in [4.69, 9.17) is 0 Å². The van der Waals surface area contributed by atoms with Gasteiger partial charge >= 0.3 is 0 Å². The molecule has 0 unspecified atom stereocenters. The van der Waals surface area contributed by atoms with Gasteiger partial charge in [-0.25, -0.2) is 0 Å². The predicted molar refractivity (Wildman–Crippen MR) is 52.8 cm³/mol. The van der Waals surface area contributed by atoms with E-state index >= 15 is 0 Å². The van der Waals surface area contributed by atoms with Crippen molar-refractivity contribution in [3.8, 4) is 0 Å². The highest BCUT2D eigenvalue weighted by Gasteiger charge is 2.01. The van der Waals surface area contributed by atoms with Crippen LogP contribution in [-0.4, -0.2) is 0 Å². The number of rotatable bonds is 2. The van der Waals surface area contributed by atoms with E-state index < -0.39 is 0 Å². The Morgan fingerprint density at radius 3 is 2.67 bits per heavy atom.